The van der Waals surface area contributed by atoms with E-state index < -0.39 is 10.0 Å². The van der Waals surface area contributed by atoms with Gasteiger partial charge in [0.25, 0.3) is 10.0 Å². The summed E-state index contributed by atoms with van der Waals surface area (Å²) < 4.78 is 28.2. The second kappa shape index (κ2) is 7.66. The van der Waals surface area contributed by atoms with Crippen molar-refractivity contribution in [3.63, 3.8) is 0 Å². The lowest BCUT2D eigenvalue weighted by Crippen LogP contribution is -2.61. The molecule has 0 heterocycles. The number of carbonyl (C=O) groups excluding carboxylic acids is 1. The lowest BCUT2D eigenvalue weighted by atomic mass is 9.53. The summed E-state index contributed by atoms with van der Waals surface area (Å²) in [6.07, 6.45) is 7.02. The molecule has 4 bridgehead atoms. The third kappa shape index (κ3) is 3.98. The van der Waals surface area contributed by atoms with E-state index in [-0.39, 0.29) is 22.9 Å². The molecule has 31 heavy (non-hydrogen) atoms. The van der Waals surface area contributed by atoms with Crippen LogP contribution in [0.1, 0.15) is 44.1 Å². The lowest BCUT2D eigenvalue weighted by molar-refractivity contribution is -0.125. The number of nitrogens with one attached hydrogen (secondary N) is 1. The molecule has 4 aliphatic rings. The van der Waals surface area contributed by atoms with E-state index in [0.717, 1.165) is 24.8 Å². The molecule has 0 atom stereocenters. The highest BCUT2D eigenvalue weighted by Crippen LogP contribution is 2.55. The monoisotopic (exact) mass is 438 g/mol. The van der Waals surface area contributed by atoms with Gasteiger partial charge in [0.2, 0.25) is 5.91 Å². The smallest absolute Gasteiger partial charge is 0.264 e. The van der Waals surface area contributed by atoms with Crippen molar-refractivity contribution < 1.29 is 13.2 Å². The number of aryl methyl sites for hydroxylation is 1. The number of hydrogen-bond acceptors (Lipinski definition) is 3. The van der Waals surface area contributed by atoms with E-state index in [4.69, 9.17) is 0 Å². The minimum atomic E-state index is -3.86. The molecule has 0 radical (unpaired) electrons. The van der Waals surface area contributed by atoms with Crippen molar-refractivity contribution >= 4 is 21.6 Å². The molecule has 4 saturated carbocycles. The first-order chi connectivity index (χ1) is 14.8. The molecule has 0 unspecified atom stereocenters. The quantitative estimate of drug-likeness (QED) is 0.732. The first-order valence-electron chi connectivity index (χ1n) is 11.3. The summed E-state index contributed by atoms with van der Waals surface area (Å²) in [6.45, 7) is 1.71. The molecule has 6 heteroatoms. The van der Waals surface area contributed by atoms with Crippen LogP contribution < -0.4 is 9.62 Å². The number of anilines is 1. The molecule has 0 saturated heterocycles. The van der Waals surface area contributed by atoms with Gasteiger partial charge in [0.1, 0.15) is 6.54 Å². The third-order valence-electron chi connectivity index (χ3n) is 7.38. The Morgan fingerprint density at radius 3 is 2.03 bits per heavy atom. The molecule has 6 rings (SSSR count). The largest absolute Gasteiger partial charge is 0.349 e. The Morgan fingerprint density at radius 2 is 1.48 bits per heavy atom. The number of hydrogen-bond donors (Lipinski definition) is 1. The average Bonchev–Trinajstić information content (AvgIpc) is 2.71. The highest BCUT2D eigenvalue weighted by Gasteiger charge is 2.51. The average molecular weight is 439 g/mol. The number of rotatable bonds is 6. The van der Waals surface area contributed by atoms with Crippen LogP contribution in [0.25, 0.3) is 0 Å². The number of para-hydroxylation sites is 1. The maximum atomic E-state index is 13.5. The van der Waals surface area contributed by atoms with Crippen molar-refractivity contribution in [2.75, 3.05) is 10.8 Å². The minimum Gasteiger partial charge on any atom is -0.349 e. The predicted octanol–water partition coefficient (Wildman–Crippen LogP) is 4.28. The van der Waals surface area contributed by atoms with Crippen molar-refractivity contribution in [2.45, 2.75) is 55.9 Å². The van der Waals surface area contributed by atoms with Crippen LogP contribution in [-0.2, 0) is 14.8 Å². The summed E-state index contributed by atoms with van der Waals surface area (Å²) in [5, 5.41) is 3.31. The zero-order valence-corrected chi connectivity index (χ0v) is 18.8. The SMILES string of the molecule is Cc1ccc(S(=O)(=O)N(CC(=O)NC23CC4CC(CC(C4)C2)C3)c2ccccc2)cc1. The van der Waals surface area contributed by atoms with E-state index >= 15 is 0 Å². The summed E-state index contributed by atoms with van der Waals surface area (Å²) >= 11 is 0. The first kappa shape index (κ1) is 20.6. The maximum Gasteiger partial charge on any atom is 0.264 e. The highest BCUT2D eigenvalue weighted by atomic mass is 32.2. The second-order valence-corrected chi connectivity index (χ2v) is 11.8. The van der Waals surface area contributed by atoms with Gasteiger partial charge < -0.3 is 5.32 Å². The summed E-state index contributed by atoms with van der Waals surface area (Å²) in [4.78, 5) is 13.4. The van der Waals surface area contributed by atoms with Crippen LogP contribution in [0.15, 0.2) is 59.5 Å². The van der Waals surface area contributed by atoms with E-state index in [1.807, 2.05) is 13.0 Å². The van der Waals surface area contributed by atoms with Crippen molar-refractivity contribution in [3.8, 4) is 0 Å². The number of carbonyl (C=O) groups is 1. The molecule has 4 aliphatic carbocycles. The molecule has 1 amide bonds. The van der Waals surface area contributed by atoms with Gasteiger partial charge in [0.15, 0.2) is 0 Å². The Bertz CT molecular complexity index is 1030. The van der Waals surface area contributed by atoms with Gasteiger partial charge in [-0.1, -0.05) is 35.9 Å². The molecule has 2 aromatic carbocycles. The normalized spacial score (nSPS) is 29.0. The molecule has 4 fully saturated rings. The third-order valence-corrected chi connectivity index (χ3v) is 9.17. The van der Waals surface area contributed by atoms with E-state index in [1.165, 1.54) is 23.6 Å². The standard InChI is InChI=1S/C25H30N2O3S/c1-18-7-9-23(10-8-18)31(29,30)27(22-5-3-2-4-6-22)17-24(28)26-25-14-19-11-20(15-25)13-21(12-19)16-25/h2-10,19-21H,11-17H2,1H3,(H,26,28). The second-order valence-electron chi connectivity index (χ2n) is 9.91. The molecule has 0 spiro atoms. The topological polar surface area (TPSA) is 66.5 Å². The predicted molar refractivity (Wildman–Crippen MR) is 121 cm³/mol. The summed E-state index contributed by atoms with van der Waals surface area (Å²) in [5.41, 5.74) is 1.36. The van der Waals surface area contributed by atoms with Gasteiger partial charge in [0.05, 0.1) is 10.6 Å². The fraction of sp³-hybridized carbons (Fsp3) is 0.480. The maximum absolute atomic E-state index is 13.5. The number of nitrogens with zero attached hydrogens (tertiary/aromatic N) is 1. The fourth-order valence-electron chi connectivity index (χ4n) is 6.48. The van der Waals surface area contributed by atoms with Crippen LogP contribution in [-0.4, -0.2) is 26.4 Å². The van der Waals surface area contributed by atoms with Crippen LogP contribution >= 0.6 is 0 Å². The molecule has 0 aliphatic heterocycles. The fourth-order valence-corrected chi connectivity index (χ4v) is 7.90. The van der Waals surface area contributed by atoms with Gasteiger partial charge in [0, 0.05) is 5.54 Å². The Labute approximate surface area is 184 Å². The van der Waals surface area contributed by atoms with Crippen LogP contribution in [0.3, 0.4) is 0 Å². The van der Waals surface area contributed by atoms with Crippen molar-refractivity contribution in [3.05, 3.63) is 60.2 Å². The zero-order chi connectivity index (χ0) is 21.6. The van der Waals surface area contributed by atoms with Crippen LogP contribution in [0.2, 0.25) is 0 Å². The summed E-state index contributed by atoms with van der Waals surface area (Å²) in [6, 6.07) is 15.7. The van der Waals surface area contributed by atoms with E-state index in [1.54, 1.807) is 48.5 Å². The van der Waals surface area contributed by atoms with E-state index in [0.29, 0.717) is 23.4 Å². The van der Waals surface area contributed by atoms with Crippen molar-refractivity contribution in [1.82, 2.24) is 5.32 Å². The van der Waals surface area contributed by atoms with Crippen LogP contribution in [0.4, 0.5) is 5.69 Å². The number of benzene rings is 2. The molecule has 2 aromatic rings. The van der Waals surface area contributed by atoms with Crippen molar-refractivity contribution in [2.24, 2.45) is 17.8 Å². The Hall–Kier alpha value is -2.34. The van der Waals surface area contributed by atoms with Crippen molar-refractivity contribution in [1.29, 1.82) is 0 Å². The van der Waals surface area contributed by atoms with Gasteiger partial charge in [-0.05, 0) is 87.5 Å². The van der Waals surface area contributed by atoms with Gasteiger partial charge >= 0.3 is 0 Å². The van der Waals surface area contributed by atoms with Gasteiger partial charge in [-0.2, -0.15) is 0 Å². The first-order valence-corrected chi connectivity index (χ1v) is 12.7. The minimum absolute atomic E-state index is 0.137. The zero-order valence-electron chi connectivity index (χ0n) is 18.0. The van der Waals surface area contributed by atoms with Gasteiger partial charge in [-0.3, -0.25) is 9.10 Å². The summed E-state index contributed by atoms with van der Waals surface area (Å²) in [7, 11) is -3.86. The van der Waals surface area contributed by atoms with Gasteiger partial charge in [-0.25, -0.2) is 8.42 Å². The molecule has 1 N–H and O–H groups in total. The number of amides is 1. The van der Waals surface area contributed by atoms with Gasteiger partial charge in [-0.15, -0.1) is 0 Å². The number of sulfonamides is 1. The molecular formula is C25H30N2O3S. The molecule has 164 valence electrons. The van der Waals surface area contributed by atoms with E-state index in [2.05, 4.69) is 5.32 Å². The Morgan fingerprint density at radius 1 is 0.935 bits per heavy atom. The Balaban J connectivity index is 1.40. The lowest BCUT2D eigenvalue weighted by Gasteiger charge is -2.57. The molecule has 5 nitrogen and oxygen atoms in total. The Kier molecular flexibility index (Phi) is 5.08. The van der Waals surface area contributed by atoms with Crippen LogP contribution in [0.5, 0.6) is 0 Å². The summed E-state index contributed by atoms with van der Waals surface area (Å²) in [5.74, 6) is 1.94. The van der Waals surface area contributed by atoms with E-state index in [9.17, 15) is 13.2 Å². The highest BCUT2D eigenvalue weighted by molar-refractivity contribution is 7.92. The molecular weight excluding hydrogens is 408 g/mol. The van der Waals surface area contributed by atoms with Crippen LogP contribution in [0, 0.1) is 24.7 Å². The molecule has 0 aromatic heterocycles.